The monoisotopic (exact) mass is 318 g/mol. The van der Waals surface area contributed by atoms with E-state index in [4.69, 9.17) is 0 Å². The van der Waals surface area contributed by atoms with Crippen LogP contribution in [-0.4, -0.2) is 12.0 Å². The fourth-order valence-corrected chi connectivity index (χ4v) is 2.91. The van der Waals surface area contributed by atoms with E-state index >= 15 is 0 Å². The highest BCUT2D eigenvalue weighted by atomic mass is 79.9. The molecule has 2 unspecified atom stereocenters. The molecule has 0 spiro atoms. The molecule has 2 aromatic rings. The standard InChI is InChI=1S/C16H19BrN2/c1-11-7-6-8-13(15(11)17)16(18-3)12(2)14-9-4-5-10-19-14/h4-10,12,16,18H,1-3H3. The summed E-state index contributed by atoms with van der Waals surface area (Å²) in [6, 6.07) is 12.7. The summed E-state index contributed by atoms with van der Waals surface area (Å²) in [4.78, 5) is 4.47. The van der Waals surface area contributed by atoms with Gasteiger partial charge in [-0.15, -0.1) is 0 Å². The van der Waals surface area contributed by atoms with Crippen LogP contribution in [0.4, 0.5) is 0 Å². The van der Waals surface area contributed by atoms with Crippen LogP contribution in [0.2, 0.25) is 0 Å². The van der Waals surface area contributed by atoms with Crippen LogP contribution in [0.5, 0.6) is 0 Å². The van der Waals surface area contributed by atoms with Crippen molar-refractivity contribution in [3.8, 4) is 0 Å². The quantitative estimate of drug-likeness (QED) is 0.913. The van der Waals surface area contributed by atoms with Gasteiger partial charge < -0.3 is 5.32 Å². The Morgan fingerprint density at radius 3 is 2.58 bits per heavy atom. The summed E-state index contributed by atoms with van der Waals surface area (Å²) in [5.74, 6) is 0.310. The van der Waals surface area contributed by atoms with Gasteiger partial charge in [0.1, 0.15) is 0 Å². The average Bonchev–Trinajstić information content (AvgIpc) is 2.45. The molecule has 0 bridgehead atoms. The molecular weight excluding hydrogens is 300 g/mol. The summed E-state index contributed by atoms with van der Waals surface area (Å²) in [6.45, 7) is 4.32. The summed E-state index contributed by atoms with van der Waals surface area (Å²) in [7, 11) is 2.00. The summed E-state index contributed by atoms with van der Waals surface area (Å²) in [5.41, 5.74) is 3.64. The summed E-state index contributed by atoms with van der Waals surface area (Å²) >= 11 is 3.70. The van der Waals surface area contributed by atoms with E-state index in [2.05, 4.69) is 64.3 Å². The van der Waals surface area contributed by atoms with Crippen LogP contribution in [0.25, 0.3) is 0 Å². The van der Waals surface area contributed by atoms with Crippen molar-refractivity contribution in [2.45, 2.75) is 25.8 Å². The zero-order valence-corrected chi connectivity index (χ0v) is 13.1. The maximum absolute atomic E-state index is 4.47. The molecule has 19 heavy (non-hydrogen) atoms. The minimum atomic E-state index is 0.240. The number of aromatic nitrogens is 1. The molecule has 3 heteroatoms. The molecule has 2 atom stereocenters. The van der Waals surface area contributed by atoms with E-state index in [-0.39, 0.29) is 6.04 Å². The molecule has 0 amide bonds. The second kappa shape index (κ2) is 6.31. The highest BCUT2D eigenvalue weighted by Crippen LogP contribution is 2.34. The maximum Gasteiger partial charge on any atom is 0.0450 e. The van der Waals surface area contributed by atoms with Gasteiger partial charge in [-0.3, -0.25) is 4.98 Å². The Balaban J connectivity index is 2.37. The van der Waals surface area contributed by atoms with E-state index in [1.807, 2.05) is 25.4 Å². The van der Waals surface area contributed by atoms with E-state index in [0.29, 0.717) is 5.92 Å². The van der Waals surface area contributed by atoms with Crippen LogP contribution >= 0.6 is 15.9 Å². The maximum atomic E-state index is 4.47. The number of nitrogens with one attached hydrogen (secondary N) is 1. The minimum absolute atomic E-state index is 0.240. The van der Waals surface area contributed by atoms with Gasteiger partial charge >= 0.3 is 0 Å². The van der Waals surface area contributed by atoms with Gasteiger partial charge in [0.05, 0.1) is 0 Å². The molecule has 2 rings (SSSR count). The molecular formula is C16H19BrN2. The van der Waals surface area contributed by atoms with Crippen LogP contribution < -0.4 is 5.32 Å². The van der Waals surface area contributed by atoms with Gasteiger partial charge in [0, 0.05) is 28.3 Å². The smallest absolute Gasteiger partial charge is 0.0450 e. The summed E-state index contributed by atoms with van der Waals surface area (Å²) in [6.07, 6.45) is 1.85. The van der Waals surface area contributed by atoms with Crippen molar-refractivity contribution < 1.29 is 0 Å². The predicted molar refractivity (Wildman–Crippen MR) is 83.3 cm³/mol. The third-order valence-electron chi connectivity index (χ3n) is 3.52. The normalized spacial score (nSPS) is 14.1. The molecule has 100 valence electrons. The molecule has 0 saturated carbocycles. The number of pyridine rings is 1. The minimum Gasteiger partial charge on any atom is -0.312 e. The lowest BCUT2D eigenvalue weighted by Crippen LogP contribution is -2.23. The van der Waals surface area contributed by atoms with Gasteiger partial charge in [-0.25, -0.2) is 0 Å². The molecule has 0 fully saturated rings. The van der Waals surface area contributed by atoms with Crippen LogP contribution in [-0.2, 0) is 0 Å². The molecule has 0 saturated heterocycles. The summed E-state index contributed by atoms with van der Waals surface area (Å²) in [5, 5.41) is 3.41. The van der Waals surface area contributed by atoms with Crippen molar-refractivity contribution in [1.82, 2.24) is 10.3 Å². The number of aryl methyl sites for hydroxylation is 1. The Labute approximate surface area is 123 Å². The Morgan fingerprint density at radius 2 is 1.95 bits per heavy atom. The number of benzene rings is 1. The first-order valence-corrected chi connectivity index (χ1v) is 7.27. The molecule has 2 nitrogen and oxygen atoms in total. The van der Waals surface area contributed by atoms with Crippen molar-refractivity contribution >= 4 is 15.9 Å². The SMILES string of the molecule is CNC(c1cccc(C)c1Br)C(C)c1ccccn1. The van der Waals surface area contributed by atoms with E-state index in [9.17, 15) is 0 Å². The number of hydrogen-bond acceptors (Lipinski definition) is 2. The van der Waals surface area contributed by atoms with E-state index in [1.165, 1.54) is 15.6 Å². The third kappa shape index (κ3) is 3.04. The fourth-order valence-electron chi connectivity index (χ4n) is 2.40. The van der Waals surface area contributed by atoms with Crippen molar-refractivity contribution in [2.24, 2.45) is 0 Å². The largest absolute Gasteiger partial charge is 0.312 e. The predicted octanol–water partition coefficient (Wildman–Crippen LogP) is 4.22. The molecule has 1 N–H and O–H groups in total. The first-order chi connectivity index (χ1) is 9.15. The molecule has 0 aliphatic carbocycles. The van der Waals surface area contributed by atoms with Crippen LogP contribution in [0, 0.1) is 6.92 Å². The highest BCUT2D eigenvalue weighted by molar-refractivity contribution is 9.10. The second-order valence-corrected chi connectivity index (χ2v) is 5.58. The molecule has 1 heterocycles. The lowest BCUT2D eigenvalue weighted by Gasteiger charge is -2.25. The van der Waals surface area contributed by atoms with Crippen LogP contribution in [0.15, 0.2) is 47.1 Å². The number of rotatable bonds is 4. The molecule has 0 radical (unpaired) electrons. The van der Waals surface area contributed by atoms with Crippen molar-refractivity contribution in [2.75, 3.05) is 7.05 Å². The van der Waals surface area contributed by atoms with E-state index in [0.717, 1.165) is 5.69 Å². The Morgan fingerprint density at radius 1 is 1.16 bits per heavy atom. The topological polar surface area (TPSA) is 24.9 Å². The van der Waals surface area contributed by atoms with Gasteiger partial charge in [0.2, 0.25) is 0 Å². The van der Waals surface area contributed by atoms with Gasteiger partial charge in [-0.05, 0) is 37.2 Å². The first kappa shape index (κ1) is 14.2. The summed E-state index contributed by atoms with van der Waals surface area (Å²) < 4.78 is 1.18. The number of halogens is 1. The van der Waals surface area contributed by atoms with E-state index < -0.39 is 0 Å². The van der Waals surface area contributed by atoms with Gasteiger partial charge in [-0.1, -0.05) is 47.1 Å². The zero-order chi connectivity index (χ0) is 13.8. The van der Waals surface area contributed by atoms with Crippen LogP contribution in [0.3, 0.4) is 0 Å². The zero-order valence-electron chi connectivity index (χ0n) is 11.5. The van der Waals surface area contributed by atoms with Gasteiger partial charge in [-0.2, -0.15) is 0 Å². The van der Waals surface area contributed by atoms with Crippen molar-refractivity contribution in [3.05, 3.63) is 63.9 Å². The molecule has 0 aliphatic rings. The lowest BCUT2D eigenvalue weighted by atomic mass is 9.91. The Bertz CT molecular complexity index is 540. The molecule has 1 aromatic heterocycles. The van der Waals surface area contributed by atoms with Crippen molar-refractivity contribution in [1.29, 1.82) is 0 Å². The first-order valence-electron chi connectivity index (χ1n) is 6.48. The lowest BCUT2D eigenvalue weighted by molar-refractivity contribution is 0.497. The van der Waals surface area contributed by atoms with E-state index in [1.54, 1.807) is 0 Å². The van der Waals surface area contributed by atoms with Gasteiger partial charge in [0.25, 0.3) is 0 Å². The third-order valence-corrected chi connectivity index (χ3v) is 4.61. The second-order valence-electron chi connectivity index (χ2n) is 4.79. The van der Waals surface area contributed by atoms with Gasteiger partial charge in [0.15, 0.2) is 0 Å². The number of nitrogens with zero attached hydrogens (tertiary/aromatic N) is 1. The molecule has 1 aromatic carbocycles. The Kier molecular flexibility index (Phi) is 4.72. The average molecular weight is 319 g/mol. The van der Waals surface area contributed by atoms with Crippen molar-refractivity contribution in [3.63, 3.8) is 0 Å². The van der Waals surface area contributed by atoms with Crippen LogP contribution in [0.1, 0.15) is 35.7 Å². The number of hydrogen-bond donors (Lipinski definition) is 1. The number of likely N-dealkylation sites (N-methyl/N-ethyl adjacent to an activating group) is 1. The molecule has 0 aliphatic heterocycles. The Hall–Kier alpha value is -1.19. The highest BCUT2D eigenvalue weighted by Gasteiger charge is 2.22. The fraction of sp³-hybridized carbons (Fsp3) is 0.312.